The molecular formula is C20H16ClFN4O3S. The van der Waals surface area contributed by atoms with E-state index in [0.717, 1.165) is 12.8 Å². The topological polar surface area (TPSA) is 89.2 Å². The summed E-state index contributed by atoms with van der Waals surface area (Å²) in [6.45, 7) is 0.840. The Bertz CT molecular complexity index is 1120. The molecule has 2 heterocycles. The number of aromatic nitrogens is 2. The van der Waals surface area contributed by atoms with Crippen molar-refractivity contribution in [3.8, 4) is 10.6 Å². The van der Waals surface area contributed by atoms with Crippen molar-refractivity contribution in [1.82, 2.24) is 15.1 Å². The maximum absolute atomic E-state index is 14.0. The molecule has 1 atom stereocenters. The molecule has 10 heteroatoms. The summed E-state index contributed by atoms with van der Waals surface area (Å²) in [5.41, 5.74) is 0.0845. The van der Waals surface area contributed by atoms with Crippen molar-refractivity contribution in [1.29, 1.82) is 0 Å². The Hall–Kier alpha value is -2.91. The van der Waals surface area contributed by atoms with E-state index < -0.39 is 10.8 Å². The van der Waals surface area contributed by atoms with E-state index in [-0.39, 0.29) is 28.0 Å². The molecule has 0 N–H and O–H groups in total. The van der Waals surface area contributed by atoms with Crippen LogP contribution in [-0.4, -0.2) is 39.0 Å². The lowest BCUT2D eigenvalue weighted by Gasteiger charge is -2.31. The van der Waals surface area contributed by atoms with Crippen molar-refractivity contribution in [3.63, 3.8) is 0 Å². The molecule has 0 bridgehead atoms. The van der Waals surface area contributed by atoms with Gasteiger partial charge < -0.3 is 4.90 Å². The molecule has 1 saturated heterocycles. The number of benzene rings is 2. The summed E-state index contributed by atoms with van der Waals surface area (Å²) < 4.78 is 14.0. The van der Waals surface area contributed by atoms with Gasteiger partial charge in [0, 0.05) is 35.7 Å². The molecule has 1 aliphatic heterocycles. The van der Waals surface area contributed by atoms with Crippen LogP contribution in [0, 0.1) is 15.9 Å². The van der Waals surface area contributed by atoms with Crippen molar-refractivity contribution in [2.45, 2.75) is 18.8 Å². The van der Waals surface area contributed by atoms with Crippen LogP contribution in [0.5, 0.6) is 0 Å². The number of hydrogen-bond acceptors (Lipinski definition) is 6. The van der Waals surface area contributed by atoms with E-state index >= 15 is 0 Å². The molecule has 0 spiro atoms. The molecule has 154 valence electrons. The molecule has 1 amide bonds. The average molecular weight is 447 g/mol. The Morgan fingerprint density at radius 1 is 1.27 bits per heavy atom. The van der Waals surface area contributed by atoms with E-state index in [9.17, 15) is 19.3 Å². The van der Waals surface area contributed by atoms with Gasteiger partial charge in [-0.25, -0.2) is 4.39 Å². The van der Waals surface area contributed by atoms with E-state index in [4.69, 9.17) is 11.6 Å². The molecule has 2 aromatic carbocycles. The number of nitrogens with zero attached hydrogens (tertiary/aromatic N) is 4. The number of halogens is 2. The Balaban J connectivity index is 1.56. The van der Waals surface area contributed by atoms with Crippen LogP contribution in [0.2, 0.25) is 5.02 Å². The Morgan fingerprint density at radius 2 is 2.07 bits per heavy atom. The van der Waals surface area contributed by atoms with E-state index in [1.165, 1.54) is 35.6 Å². The van der Waals surface area contributed by atoms with Crippen LogP contribution in [0.25, 0.3) is 10.6 Å². The maximum atomic E-state index is 14.0. The standard InChI is InChI=1S/C20H16ClFN4O3S/c21-13-7-8-17(26(28)29)15(10-13)20(27)25-9-3-4-12(11-25)18-23-24-19(30-18)14-5-1-2-6-16(14)22/h1-2,5-8,10,12H,3-4,9,11H2. The van der Waals surface area contributed by atoms with Crippen LogP contribution in [0.4, 0.5) is 10.1 Å². The molecule has 1 fully saturated rings. The minimum atomic E-state index is -0.587. The molecule has 0 aliphatic carbocycles. The normalized spacial score (nSPS) is 16.5. The number of carbonyl (C=O) groups excluding carboxylic acids is 1. The Kier molecular flexibility index (Phi) is 5.74. The Morgan fingerprint density at radius 3 is 2.83 bits per heavy atom. The van der Waals surface area contributed by atoms with Gasteiger partial charge in [-0.05, 0) is 37.1 Å². The van der Waals surface area contributed by atoms with Crippen LogP contribution in [0.1, 0.15) is 34.1 Å². The second-order valence-electron chi connectivity index (χ2n) is 6.93. The number of rotatable bonds is 4. The monoisotopic (exact) mass is 446 g/mol. The summed E-state index contributed by atoms with van der Waals surface area (Å²) in [6.07, 6.45) is 1.52. The average Bonchev–Trinajstić information content (AvgIpc) is 3.23. The molecule has 3 aromatic rings. The molecule has 0 saturated carbocycles. The third kappa shape index (κ3) is 4.03. The number of hydrogen-bond donors (Lipinski definition) is 0. The van der Waals surface area contributed by atoms with Crippen molar-refractivity contribution >= 4 is 34.5 Å². The summed E-state index contributed by atoms with van der Waals surface area (Å²) in [6, 6.07) is 10.3. The number of nitro benzene ring substituents is 1. The Labute approximate surface area is 180 Å². The summed E-state index contributed by atoms with van der Waals surface area (Å²) in [5, 5.41) is 21.1. The molecule has 4 rings (SSSR count). The molecule has 30 heavy (non-hydrogen) atoms. The maximum Gasteiger partial charge on any atom is 0.282 e. The zero-order chi connectivity index (χ0) is 21.3. The first kappa shape index (κ1) is 20.4. The SMILES string of the molecule is O=C(c1cc(Cl)ccc1[N+](=O)[O-])N1CCCC(c2nnc(-c3ccccc3F)s2)C1. The van der Waals surface area contributed by atoms with Gasteiger partial charge in [-0.3, -0.25) is 14.9 Å². The van der Waals surface area contributed by atoms with Gasteiger partial charge in [-0.2, -0.15) is 0 Å². The van der Waals surface area contributed by atoms with Gasteiger partial charge in [-0.15, -0.1) is 10.2 Å². The summed E-state index contributed by atoms with van der Waals surface area (Å²) in [4.78, 5) is 25.3. The molecule has 0 radical (unpaired) electrons. The van der Waals surface area contributed by atoms with Gasteiger partial charge in [0.25, 0.3) is 11.6 Å². The number of nitro groups is 1. The highest BCUT2D eigenvalue weighted by Gasteiger charge is 2.31. The fraction of sp³-hybridized carbons (Fsp3) is 0.250. The summed E-state index contributed by atoms with van der Waals surface area (Å²) in [5.74, 6) is -0.874. The fourth-order valence-corrected chi connectivity index (χ4v) is 4.68. The first-order valence-electron chi connectivity index (χ1n) is 9.25. The second kappa shape index (κ2) is 8.45. The highest BCUT2D eigenvalue weighted by atomic mass is 35.5. The highest BCUT2D eigenvalue weighted by Crippen LogP contribution is 2.34. The first-order chi connectivity index (χ1) is 14.4. The van der Waals surface area contributed by atoms with E-state index in [0.29, 0.717) is 28.7 Å². The molecule has 7 nitrogen and oxygen atoms in total. The van der Waals surface area contributed by atoms with Gasteiger partial charge in [-0.1, -0.05) is 35.1 Å². The van der Waals surface area contributed by atoms with Crippen molar-refractivity contribution in [2.75, 3.05) is 13.1 Å². The highest BCUT2D eigenvalue weighted by molar-refractivity contribution is 7.14. The minimum Gasteiger partial charge on any atom is -0.338 e. The lowest BCUT2D eigenvalue weighted by atomic mass is 9.98. The predicted molar refractivity (Wildman–Crippen MR) is 111 cm³/mol. The van der Waals surface area contributed by atoms with Crippen molar-refractivity contribution in [2.24, 2.45) is 0 Å². The molecular weight excluding hydrogens is 431 g/mol. The molecule has 1 unspecified atom stereocenters. The fourth-order valence-electron chi connectivity index (χ4n) is 3.52. The summed E-state index contributed by atoms with van der Waals surface area (Å²) in [7, 11) is 0. The second-order valence-corrected chi connectivity index (χ2v) is 8.38. The lowest BCUT2D eigenvalue weighted by Crippen LogP contribution is -2.39. The number of likely N-dealkylation sites (tertiary alicyclic amines) is 1. The third-order valence-electron chi connectivity index (χ3n) is 4.99. The number of amides is 1. The van der Waals surface area contributed by atoms with E-state index in [2.05, 4.69) is 10.2 Å². The number of carbonyl (C=O) groups is 1. The summed E-state index contributed by atoms with van der Waals surface area (Å²) >= 11 is 7.26. The zero-order valence-electron chi connectivity index (χ0n) is 15.6. The zero-order valence-corrected chi connectivity index (χ0v) is 17.2. The quantitative estimate of drug-likeness (QED) is 0.419. The van der Waals surface area contributed by atoms with Gasteiger partial charge in [0.15, 0.2) is 5.01 Å². The van der Waals surface area contributed by atoms with Crippen LogP contribution < -0.4 is 0 Å². The van der Waals surface area contributed by atoms with Crippen LogP contribution >= 0.6 is 22.9 Å². The first-order valence-corrected chi connectivity index (χ1v) is 10.4. The van der Waals surface area contributed by atoms with Gasteiger partial charge >= 0.3 is 0 Å². The van der Waals surface area contributed by atoms with Crippen LogP contribution in [-0.2, 0) is 0 Å². The molecule has 1 aromatic heterocycles. The van der Waals surface area contributed by atoms with Crippen LogP contribution in [0.3, 0.4) is 0 Å². The van der Waals surface area contributed by atoms with Gasteiger partial charge in [0.05, 0.1) is 4.92 Å². The van der Waals surface area contributed by atoms with E-state index in [1.54, 1.807) is 23.1 Å². The van der Waals surface area contributed by atoms with Gasteiger partial charge in [0.2, 0.25) is 0 Å². The third-order valence-corrected chi connectivity index (χ3v) is 6.34. The smallest absolute Gasteiger partial charge is 0.282 e. The number of piperidine rings is 1. The van der Waals surface area contributed by atoms with Crippen molar-refractivity contribution in [3.05, 3.63) is 74.0 Å². The van der Waals surface area contributed by atoms with Gasteiger partial charge in [0.1, 0.15) is 16.4 Å². The van der Waals surface area contributed by atoms with Crippen LogP contribution in [0.15, 0.2) is 42.5 Å². The molecule has 1 aliphatic rings. The van der Waals surface area contributed by atoms with E-state index in [1.807, 2.05) is 0 Å². The van der Waals surface area contributed by atoms with Crippen molar-refractivity contribution < 1.29 is 14.1 Å². The largest absolute Gasteiger partial charge is 0.338 e. The minimum absolute atomic E-state index is 0.0301. The lowest BCUT2D eigenvalue weighted by molar-refractivity contribution is -0.385. The predicted octanol–water partition coefficient (Wildman–Crippen LogP) is 4.93.